The second kappa shape index (κ2) is 14.6. The first kappa shape index (κ1) is 29.9. The number of anilines is 2. The standard InChI is InChI=1S/C32H27Cl2N3O3S/c1-2-29(32(40)36-27-17-7-6-16-26(27)34)41-25-15-9-14-24(20-25)35-31(39)28(19-21-10-8-13-23(33)18-21)37-30(38)22-11-4-3-5-12-22/h3-20,29H,2H2,1H3,(H,35,39)(H,36,40)(H,37,38)/b28-19-. The zero-order valence-corrected chi connectivity index (χ0v) is 24.4. The molecular weight excluding hydrogens is 577 g/mol. The molecule has 208 valence electrons. The molecule has 4 aromatic rings. The normalized spacial score (nSPS) is 11.8. The van der Waals surface area contributed by atoms with Gasteiger partial charge >= 0.3 is 0 Å². The molecule has 0 aliphatic heterocycles. The molecule has 3 N–H and O–H groups in total. The first-order valence-corrected chi connectivity index (χ1v) is 14.4. The van der Waals surface area contributed by atoms with E-state index in [9.17, 15) is 14.4 Å². The Morgan fingerprint density at radius 2 is 1.56 bits per heavy atom. The lowest BCUT2D eigenvalue weighted by molar-refractivity contribution is -0.116. The zero-order chi connectivity index (χ0) is 29.2. The van der Waals surface area contributed by atoms with Crippen molar-refractivity contribution < 1.29 is 14.4 Å². The number of hydrogen-bond donors (Lipinski definition) is 3. The number of benzene rings is 4. The molecule has 0 aliphatic rings. The predicted molar refractivity (Wildman–Crippen MR) is 168 cm³/mol. The minimum absolute atomic E-state index is 0.0460. The Balaban J connectivity index is 1.50. The van der Waals surface area contributed by atoms with Crippen molar-refractivity contribution in [3.63, 3.8) is 0 Å². The number of carbonyl (C=O) groups excluding carboxylic acids is 3. The van der Waals surface area contributed by atoms with E-state index in [0.29, 0.717) is 39.0 Å². The Morgan fingerprint density at radius 1 is 0.829 bits per heavy atom. The lowest BCUT2D eigenvalue weighted by atomic mass is 10.1. The largest absolute Gasteiger partial charge is 0.324 e. The highest BCUT2D eigenvalue weighted by Crippen LogP contribution is 2.30. The van der Waals surface area contributed by atoms with Crippen LogP contribution in [0.3, 0.4) is 0 Å². The van der Waals surface area contributed by atoms with Crippen LogP contribution in [0.2, 0.25) is 10.0 Å². The van der Waals surface area contributed by atoms with Gasteiger partial charge in [-0.1, -0.05) is 78.7 Å². The van der Waals surface area contributed by atoms with Crippen LogP contribution in [0.5, 0.6) is 0 Å². The summed E-state index contributed by atoms with van der Waals surface area (Å²) < 4.78 is 0. The summed E-state index contributed by atoms with van der Waals surface area (Å²) in [5, 5.41) is 9.03. The quantitative estimate of drug-likeness (QED) is 0.127. The summed E-state index contributed by atoms with van der Waals surface area (Å²) in [6, 6.07) is 29.8. The molecule has 3 amide bonds. The summed E-state index contributed by atoms with van der Waals surface area (Å²) >= 11 is 13.7. The van der Waals surface area contributed by atoms with Gasteiger partial charge in [-0.25, -0.2) is 0 Å². The predicted octanol–water partition coefficient (Wildman–Crippen LogP) is 7.91. The molecule has 1 atom stereocenters. The highest BCUT2D eigenvalue weighted by atomic mass is 35.5. The molecular formula is C32H27Cl2N3O3S. The van der Waals surface area contributed by atoms with Crippen molar-refractivity contribution in [3.8, 4) is 0 Å². The Morgan fingerprint density at radius 3 is 2.29 bits per heavy atom. The van der Waals surface area contributed by atoms with Gasteiger partial charge in [0.2, 0.25) is 5.91 Å². The van der Waals surface area contributed by atoms with Crippen LogP contribution in [0.4, 0.5) is 11.4 Å². The van der Waals surface area contributed by atoms with Crippen LogP contribution in [0.1, 0.15) is 29.3 Å². The van der Waals surface area contributed by atoms with Crippen molar-refractivity contribution in [1.29, 1.82) is 0 Å². The first-order valence-electron chi connectivity index (χ1n) is 12.8. The molecule has 0 saturated carbocycles. The summed E-state index contributed by atoms with van der Waals surface area (Å²) in [4.78, 5) is 40.0. The van der Waals surface area contributed by atoms with Gasteiger partial charge in [-0.3, -0.25) is 14.4 Å². The maximum Gasteiger partial charge on any atom is 0.272 e. The van der Waals surface area contributed by atoms with Crippen LogP contribution < -0.4 is 16.0 Å². The number of amides is 3. The molecule has 6 nitrogen and oxygen atoms in total. The van der Waals surface area contributed by atoms with Gasteiger partial charge in [0.05, 0.1) is 16.0 Å². The Hall–Kier alpha value is -4.04. The topological polar surface area (TPSA) is 87.3 Å². The van der Waals surface area contributed by atoms with Gasteiger partial charge in [0.25, 0.3) is 11.8 Å². The Labute approximate surface area is 253 Å². The van der Waals surface area contributed by atoms with E-state index in [2.05, 4.69) is 16.0 Å². The second-order valence-corrected chi connectivity index (χ2v) is 11.0. The highest BCUT2D eigenvalue weighted by Gasteiger charge is 2.20. The van der Waals surface area contributed by atoms with Crippen LogP contribution in [-0.2, 0) is 9.59 Å². The maximum atomic E-state index is 13.4. The highest BCUT2D eigenvalue weighted by molar-refractivity contribution is 8.00. The van der Waals surface area contributed by atoms with Crippen molar-refractivity contribution in [1.82, 2.24) is 5.32 Å². The molecule has 0 saturated heterocycles. The molecule has 0 heterocycles. The van der Waals surface area contributed by atoms with E-state index in [1.54, 1.807) is 103 Å². The molecule has 9 heteroatoms. The minimum atomic E-state index is -0.514. The van der Waals surface area contributed by atoms with E-state index in [4.69, 9.17) is 23.2 Å². The third kappa shape index (κ3) is 8.72. The number of carbonyl (C=O) groups is 3. The number of halogens is 2. The van der Waals surface area contributed by atoms with Crippen molar-refractivity contribution in [3.05, 3.63) is 130 Å². The average Bonchev–Trinajstić information content (AvgIpc) is 2.97. The van der Waals surface area contributed by atoms with Crippen molar-refractivity contribution >= 4 is 70.1 Å². The fourth-order valence-corrected chi connectivity index (χ4v) is 5.21. The fraction of sp³-hybridized carbons (Fsp3) is 0.0938. The molecule has 41 heavy (non-hydrogen) atoms. The van der Waals surface area contributed by atoms with E-state index in [1.165, 1.54) is 11.8 Å². The summed E-state index contributed by atoms with van der Waals surface area (Å²) in [5.74, 6) is -1.11. The van der Waals surface area contributed by atoms with Gasteiger partial charge in [-0.05, 0) is 72.7 Å². The molecule has 0 radical (unpaired) electrons. The Kier molecular flexibility index (Phi) is 10.6. The molecule has 0 fully saturated rings. The molecule has 0 aliphatic carbocycles. The number of rotatable bonds is 10. The summed E-state index contributed by atoms with van der Waals surface area (Å²) in [6.45, 7) is 1.93. The van der Waals surface area contributed by atoms with E-state index < -0.39 is 11.8 Å². The second-order valence-electron chi connectivity index (χ2n) is 8.90. The average molecular weight is 605 g/mol. The van der Waals surface area contributed by atoms with Gasteiger partial charge in [-0.2, -0.15) is 0 Å². The van der Waals surface area contributed by atoms with E-state index in [0.717, 1.165) is 4.90 Å². The number of hydrogen-bond acceptors (Lipinski definition) is 4. The van der Waals surface area contributed by atoms with Crippen LogP contribution >= 0.6 is 35.0 Å². The Bertz CT molecular complexity index is 1580. The first-order chi connectivity index (χ1) is 19.8. The third-order valence-corrected chi connectivity index (χ3v) is 7.78. The van der Waals surface area contributed by atoms with Gasteiger partial charge in [-0.15, -0.1) is 11.8 Å². The molecule has 4 rings (SSSR count). The summed E-state index contributed by atoms with van der Waals surface area (Å²) in [5.41, 5.74) is 2.17. The molecule has 0 aromatic heterocycles. The summed E-state index contributed by atoms with van der Waals surface area (Å²) in [6.07, 6.45) is 2.14. The van der Waals surface area contributed by atoms with Crippen LogP contribution in [0.15, 0.2) is 114 Å². The fourth-order valence-electron chi connectivity index (χ4n) is 3.81. The molecule has 1 unspecified atom stereocenters. The SMILES string of the molecule is CCC(Sc1cccc(NC(=O)/C(=C/c2cccc(Cl)c2)NC(=O)c2ccccc2)c1)C(=O)Nc1ccccc1Cl. The van der Waals surface area contributed by atoms with Crippen LogP contribution in [-0.4, -0.2) is 23.0 Å². The van der Waals surface area contributed by atoms with Gasteiger partial charge in [0.1, 0.15) is 5.70 Å². The third-order valence-electron chi connectivity index (χ3n) is 5.85. The minimum Gasteiger partial charge on any atom is -0.324 e. The zero-order valence-electron chi connectivity index (χ0n) is 22.1. The van der Waals surface area contributed by atoms with Crippen LogP contribution in [0, 0.1) is 0 Å². The van der Waals surface area contributed by atoms with Gasteiger partial charge < -0.3 is 16.0 Å². The van der Waals surface area contributed by atoms with E-state index in [-0.39, 0.29) is 16.9 Å². The summed E-state index contributed by atoms with van der Waals surface area (Å²) in [7, 11) is 0. The smallest absolute Gasteiger partial charge is 0.272 e. The van der Waals surface area contributed by atoms with E-state index >= 15 is 0 Å². The molecule has 0 bridgehead atoms. The van der Waals surface area contributed by atoms with E-state index in [1.807, 2.05) is 13.0 Å². The lowest BCUT2D eigenvalue weighted by Crippen LogP contribution is -2.30. The van der Waals surface area contributed by atoms with Gasteiger partial charge in [0.15, 0.2) is 0 Å². The number of thioether (sulfide) groups is 1. The van der Waals surface area contributed by atoms with Crippen molar-refractivity contribution in [2.24, 2.45) is 0 Å². The number of nitrogens with one attached hydrogen (secondary N) is 3. The molecule has 0 spiro atoms. The van der Waals surface area contributed by atoms with Gasteiger partial charge in [0, 0.05) is 21.2 Å². The van der Waals surface area contributed by atoms with Crippen molar-refractivity contribution in [2.75, 3.05) is 10.6 Å². The molecule has 4 aromatic carbocycles. The lowest BCUT2D eigenvalue weighted by Gasteiger charge is -2.16. The number of para-hydroxylation sites is 1. The van der Waals surface area contributed by atoms with Crippen molar-refractivity contribution in [2.45, 2.75) is 23.5 Å². The van der Waals surface area contributed by atoms with Crippen LogP contribution in [0.25, 0.3) is 6.08 Å². The maximum absolute atomic E-state index is 13.4. The monoisotopic (exact) mass is 603 g/mol.